The van der Waals surface area contributed by atoms with Crippen LogP contribution in [-0.4, -0.2) is 28.2 Å². The first-order valence-electron chi connectivity index (χ1n) is 7.24. The van der Waals surface area contributed by atoms with E-state index in [1.165, 1.54) is 17.8 Å². The van der Waals surface area contributed by atoms with Crippen molar-refractivity contribution < 1.29 is 35.7 Å². The van der Waals surface area contributed by atoms with Crippen molar-refractivity contribution in [2.75, 3.05) is 7.11 Å². The number of hydrogen-bond donors (Lipinski definition) is 1. The summed E-state index contributed by atoms with van der Waals surface area (Å²) >= 11 is 0. The maximum Gasteiger partial charge on any atom is 0.354 e. The van der Waals surface area contributed by atoms with Crippen LogP contribution in [0.3, 0.4) is 0 Å². The van der Waals surface area contributed by atoms with Gasteiger partial charge < -0.3 is 14.8 Å². The van der Waals surface area contributed by atoms with Crippen LogP contribution in [0, 0.1) is 13.0 Å². The molecule has 0 unspecified atom stereocenters. The molecule has 2 heterocycles. The number of pyridine rings is 2. The Morgan fingerprint density at radius 3 is 2.48 bits per heavy atom. The van der Waals surface area contributed by atoms with Crippen LogP contribution in [0.25, 0.3) is 11.3 Å². The van der Waals surface area contributed by atoms with Crippen molar-refractivity contribution in [3.05, 3.63) is 78.2 Å². The fourth-order valence-electron chi connectivity index (χ4n) is 1.96. The first kappa shape index (κ1) is 20.5. The van der Waals surface area contributed by atoms with Crippen molar-refractivity contribution in [3.63, 3.8) is 0 Å². The van der Waals surface area contributed by atoms with Crippen molar-refractivity contribution in [1.82, 2.24) is 9.97 Å². The number of carboxylic acid groups (broad SMARTS) is 1. The Labute approximate surface area is 161 Å². The van der Waals surface area contributed by atoms with E-state index in [0.717, 1.165) is 17.0 Å². The number of carbonyl (C=O) groups is 1. The van der Waals surface area contributed by atoms with Gasteiger partial charge in [-0.25, -0.2) is 9.78 Å². The van der Waals surface area contributed by atoms with Crippen LogP contribution in [0.2, 0.25) is 0 Å². The zero-order valence-corrected chi connectivity index (χ0v) is 16.0. The van der Waals surface area contributed by atoms with Crippen LogP contribution in [0.1, 0.15) is 16.1 Å². The first-order valence-corrected chi connectivity index (χ1v) is 7.24. The van der Waals surface area contributed by atoms with Crippen LogP contribution in [-0.2, 0) is 21.1 Å². The van der Waals surface area contributed by atoms with Gasteiger partial charge in [-0.3, -0.25) is 0 Å². The van der Waals surface area contributed by atoms with Gasteiger partial charge in [0.2, 0.25) is 0 Å². The average Bonchev–Trinajstić information content (AvgIpc) is 2.63. The Kier molecular flexibility index (Phi) is 8.51. The molecule has 1 N–H and O–H groups in total. The number of hydrogen-bond acceptors (Lipinski definition) is 4. The van der Waals surface area contributed by atoms with E-state index in [1.807, 2.05) is 37.3 Å². The number of benzene rings is 1. The molecule has 0 saturated carbocycles. The van der Waals surface area contributed by atoms with E-state index in [-0.39, 0.29) is 26.8 Å². The number of aromatic nitrogens is 2. The van der Waals surface area contributed by atoms with E-state index in [0.29, 0.717) is 0 Å². The van der Waals surface area contributed by atoms with E-state index >= 15 is 0 Å². The quantitative estimate of drug-likeness (QED) is 0.539. The summed E-state index contributed by atoms with van der Waals surface area (Å²) in [5.41, 5.74) is 3.17. The fourth-order valence-corrected chi connectivity index (χ4v) is 1.96. The van der Waals surface area contributed by atoms with Crippen LogP contribution >= 0.6 is 0 Å². The third kappa shape index (κ3) is 6.12. The predicted molar refractivity (Wildman–Crippen MR) is 91.0 cm³/mol. The van der Waals surface area contributed by atoms with E-state index < -0.39 is 5.97 Å². The molecule has 0 bridgehead atoms. The molecule has 0 spiro atoms. The molecule has 0 radical (unpaired) electrons. The van der Waals surface area contributed by atoms with E-state index in [9.17, 15) is 4.79 Å². The third-order valence-electron chi connectivity index (χ3n) is 3.17. The van der Waals surface area contributed by atoms with Gasteiger partial charge in [0, 0.05) is 33.5 Å². The molecule has 2 aromatic heterocycles. The average molecular weight is 516 g/mol. The Morgan fingerprint density at radius 2 is 1.92 bits per heavy atom. The molecule has 0 aliphatic carbocycles. The number of aromatic carboxylic acids is 1. The van der Waals surface area contributed by atoms with Gasteiger partial charge in [-0.05, 0) is 30.0 Å². The van der Waals surface area contributed by atoms with Gasteiger partial charge in [-0.15, -0.1) is 35.4 Å². The maximum absolute atomic E-state index is 10.1. The zero-order chi connectivity index (χ0) is 17.4. The predicted octanol–water partition coefficient (Wildman–Crippen LogP) is 3.64. The van der Waals surface area contributed by atoms with E-state index in [1.54, 1.807) is 25.4 Å². The number of carboxylic acids is 1. The molecular weight excluding hydrogens is 499 g/mol. The number of methoxy groups -OCH3 is 1. The molecule has 132 valence electrons. The number of nitrogens with zero attached hydrogens (tertiary/aromatic N) is 2. The summed E-state index contributed by atoms with van der Waals surface area (Å²) in [5, 5.41) is 8.32. The summed E-state index contributed by atoms with van der Waals surface area (Å²) in [6.45, 7) is 2.05. The van der Waals surface area contributed by atoms with Gasteiger partial charge in [0.15, 0.2) is 0 Å². The van der Waals surface area contributed by atoms with Gasteiger partial charge in [0.25, 0.3) is 0 Å². The summed E-state index contributed by atoms with van der Waals surface area (Å²) in [7, 11) is 1.65. The van der Waals surface area contributed by atoms with Crippen molar-refractivity contribution in [1.29, 1.82) is 0 Å². The van der Waals surface area contributed by atoms with Gasteiger partial charge in [0.05, 0.1) is 7.11 Å². The maximum atomic E-state index is 10.1. The van der Waals surface area contributed by atoms with Crippen LogP contribution < -0.4 is 4.74 Å². The van der Waals surface area contributed by atoms with Gasteiger partial charge >= 0.3 is 5.97 Å². The van der Waals surface area contributed by atoms with Gasteiger partial charge in [0.1, 0.15) is 11.4 Å². The van der Waals surface area contributed by atoms with Crippen LogP contribution in [0.15, 0.2) is 60.9 Å². The van der Waals surface area contributed by atoms with Crippen LogP contribution in [0.5, 0.6) is 5.75 Å². The van der Waals surface area contributed by atoms with Gasteiger partial charge in [-0.2, -0.15) is 0 Å². The standard InChI is InChI=1S/C13H12NO.C6H5NO2.Pt/c1-10-5-3-4-6-12(10)13-9-11(15-2)7-8-14-13;8-6(9)5-3-1-2-4-7-5;/h3-5,7-9H,1-2H3;1-4H,(H,8,9);/q-1;;. The van der Waals surface area contributed by atoms with Crippen molar-refractivity contribution >= 4 is 5.97 Å². The molecule has 3 rings (SSSR count). The molecule has 0 aliphatic rings. The van der Waals surface area contributed by atoms with E-state index in [2.05, 4.69) is 16.0 Å². The monoisotopic (exact) mass is 516 g/mol. The molecule has 5 nitrogen and oxygen atoms in total. The van der Waals surface area contributed by atoms with Crippen molar-refractivity contribution in [3.8, 4) is 17.0 Å². The Bertz CT molecular complexity index is 811. The number of aryl methyl sites for hydroxylation is 1. The largest absolute Gasteiger partial charge is 0.497 e. The molecule has 0 atom stereocenters. The molecule has 1 aromatic carbocycles. The van der Waals surface area contributed by atoms with Crippen molar-refractivity contribution in [2.24, 2.45) is 0 Å². The van der Waals surface area contributed by atoms with Crippen LogP contribution in [0.4, 0.5) is 0 Å². The molecule has 0 fully saturated rings. The zero-order valence-electron chi connectivity index (χ0n) is 13.7. The second-order valence-corrected chi connectivity index (χ2v) is 4.83. The smallest absolute Gasteiger partial charge is 0.354 e. The first-order chi connectivity index (χ1) is 11.6. The topological polar surface area (TPSA) is 72.3 Å². The van der Waals surface area contributed by atoms with E-state index in [4.69, 9.17) is 9.84 Å². The summed E-state index contributed by atoms with van der Waals surface area (Å²) < 4.78 is 5.16. The third-order valence-corrected chi connectivity index (χ3v) is 3.17. The summed E-state index contributed by atoms with van der Waals surface area (Å²) in [4.78, 5) is 18.0. The molecule has 3 aromatic rings. The Morgan fingerprint density at radius 1 is 1.12 bits per heavy atom. The SMILES string of the molecule is COc1ccnc(-c2[c-]cccc2C)c1.O=C(O)c1ccccn1.[Pt]. The second kappa shape index (κ2) is 10.4. The molecular formula is C19H17N2O3Pt-. The van der Waals surface area contributed by atoms with Crippen molar-refractivity contribution in [2.45, 2.75) is 6.92 Å². The van der Waals surface area contributed by atoms with Gasteiger partial charge in [-0.1, -0.05) is 13.0 Å². The Hall–Kier alpha value is -2.52. The second-order valence-electron chi connectivity index (χ2n) is 4.83. The Balaban J connectivity index is 0.000000270. The molecule has 25 heavy (non-hydrogen) atoms. The minimum Gasteiger partial charge on any atom is -0.497 e. The molecule has 6 heteroatoms. The normalized spacial score (nSPS) is 9.20. The number of rotatable bonds is 3. The fraction of sp³-hybridized carbons (Fsp3) is 0.105. The summed E-state index contributed by atoms with van der Waals surface area (Å²) in [6, 6.07) is 17.6. The molecule has 0 aliphatic heterocycles. The minimum absolute atomic E-state index is 0. The summed E-state index contributed by atoms with van der Waals surface area (Å²) in [6.07, 6.45) is 3.19. The summed E-state index contributed by atoms with van der Waals surface area (Å²) in [5.74, 6) is -0.174. The molecule has 0 amide bonds. The molecule has 0 saturated heterocycles. The minimum atomic E-state index is -0.990. The number of ether oxygens (including phenoxy) is 1.